The predicted molar refractivity (Wildman–Crippen MR) is 109 cm³/mol. The van der Waals surface area contributed by atoms with E-state index in [1.807, 2.05) is 18.2 Å². The highest BCUT2D eigenvalue weighted by Crippen LogP contribution is 2.57. The molecule has 1 saturated carbocycles. The minimum atomic E-state index is -0.355. The molecular weight excluding hydrogens is 356 g/mol. The Bertz CT molecular complexity index is 753. The summed E-state index contributed by atoms with van der Waals surface area (Å²) < 4.78 is 10.8. The number of amides is 1. The van der Waals surface area contributed by atoms with Crippen LogP contribution in [0.3, 0.4) is 0 Å². The number of rotatable bonds is 5. The highest BCUT2D eigenvalue weighted by atomic mass is 16.5. The number of methoxy groups -OCH3 is 2. The molecular formula is C21H32N4O3. The maximum Gasteiger partial charge on any atom is 0.237 e. The molecule has 0 heterocycles. The normalized spacial score (nSPS) is 28.9. The lowest BCUT2D eigenvalue weighted by molar-refractivity contribution is -0.134. The van der Waals surface area contributed by atoms with Crippen LogP contribution in [0.5, 0.6) is 0 Å². The Morgan fingerprint density at radius 2 is 2.14 bits per heavy atom. The van der Waals surface area contributed by atoms with Gasteiger partial charge >= 0.3 is 0 Å². The van der Waals surface area contributed by atoms with Crippen LogP contribution in [0.25, 0.3) is 0 Å². The van der Waals surface area contributed by atoms with Crippen LogP contribution < -0.4 is 11.5 Å². The topological polar surface area (TPSA) is 115 Å². The fourth-order valence-corrected chi connectivity index (χ4v) is 5.30. The van der Waals surface area contributed by atoms with Gasteiger partial charge in [-0.15, -0.1) is 0 Å². The fourth-order valence-electron chi connectivity index (χ4n) is 5.30. The molecule has 5 N–H and O–H groups in total. The van der Waals surface area contributed by atoms with Crippen LogP contribution in [-0.4, -0.2) is 50.2 Å². The molecule has 1 spiro atoms. The first-order chi connectivity index (χ1) is 13.3. The molecule has 4 unspecified atom stereocenters. The third kappa shape index (κ3) is 3.61. The Morgan fingerprint density at radius 1 is 1.39 bits per heavy atom. The fraction of sp³-hybridized carbons (Fsp3) is 0.619. The summed E-state index contributed by atoms with van der Waals surface area (Å²) in [5, 5.41) is 7.94. The lowest BCUT2D eigenvalue weighted by atomic mass is 9.62. The number of carbonyl (C=O) groups is 1. The predicted octanol–water partition coefficient (Wildman–Crippen LogP) is 2.10. The number of hydrogen-bond donors (Lipinski definition) is 3. The lowest BCUT2D eigenvalue weighted by Gasteiger charge is -2.45. The zero-order chi connectivity index (χ0) is 20.5. The van der Waals surface area contributed by atoms with Gasteiger partial charge in [0.1, 0.15) is 0 Å². The van der Waals surface area contributed by atoms with Crippen molar-refractivity contribution < 1.29 is 14.3 Å². The van der Waals surface area contributed by atoms with Crippen LogP contribution >= 0.6 is 0 Å². The van der Waals surface area contributed by atoms with Crippen molar-refractivity contribution in [2.45, 2.75) is 44.6 Å². The lowest BCUT2D eigenvalue weighted by Crippen LogP contribution is -2.50. The van der Waals surface area contributed by atoms with Gasteiger partial charge in [-0.2, -0.15) is 0 Å². The first-order valence-electron chi connectivity index (χ1n) is 9.88. The monoisotopic (exact) mass is 388 g/mol. The molecule has 1 amide bonds. The minimum Gasteiger partial charge on any atom is -0.399 e. The summed E-state index contributed by atoms with van der Waals surface area (Å²) >= 11 is 0. The third-order valence-corrected chi connectivity index (χ3v) is 6.55. The number of hydrogen-bond acceptors (Lipinski definition) is 5. The van der Waals surface area contributed by atoms with Crippen LogP contribution in [-0.2, 0) is 20.7 Å². The van der Waals surface area contributed by atoms with Gasteiger partial charge < -0.3 is 20.9 Å². The van der Waals surface area contributed by atoms with Gasteiger partial charge in [-0.1, -0.05) is 13.0 Å². The Hall–Kier alpha value is -2.12. The molecule has 4 atom stereocenters. The zero-order valence-corrected chi connectivity index (χ0v) is 17.0. The van der Waals surface area contributed by atoms with Gasteiger partial charge in [0.15, 0.2) is 5.96 Å². The second-order valence-electron chi connectivity index (χ2n) is 8.29. The van der Waals surface area contributed by atoms with Crippen molar-refractivity contribution in [3.05, 3.63) is 29.3 Å². The number of benzene rings is 1. The quantitative estimate of drug-likeness (QED) is 0.406. The van der Waals surface area contributed by atoms with Crippen molar-refractivity contribution in [2.75, 3.05) is 33.1 Å². The maximum atomic E-state index is 13.7. The number of nitrogens with zero attached hydrogens (tertiary/aromatic N) is 1. The van der Waals surface area contributed by atoms with Crippen LogP contribution in [0.15, 0.2) is 18.2 Å². The van der Waals surface area contributed by atoms with Crippen LogP contribution in [0.1, 0.15) is 43.2 Å². The first kappa shape index (κ1) is 20.6. The van der Waals surface area contributed by atoms with E-state index in [1.165, 1.54) is 10.5 Å². The van der Waals surface area contributed by atoms with Gasteiger partial charge in [-0.05, 0) is 60.3 Å². The summed E-state index contributed by atoms with van der Waals surface area (Å²) in [5.74, 6) is -0.373. The summed E-state index contributed by atoms with van der Waals surface area (Å²) in [6.45, 7) is 2.80. The largest absolute Gasteiger partial charge is 0.399 e. The number of nitrogens with two attached hydrogens (primary N) is 2. The summed E-state index contributed by atoms with van der Waals surface area (Å²) in [7, 11) is 3.33. The van der Waals surface area contributed by atoms with E-state index in [2.05, 4.69) is 6.92 Å². The Balaban J connectivity index is 2.01. The minimum absolute atomic E-state index is 0.128. The molecule has 1 fully saturated rings. The zero-order valence-electron chi connectivity index (χ0n) is 17.0. The molecule has 2 aliphatic rings. The van der Waals surface area contributed by atoms with Crippen molar-refractivity contribution in [1.29, 1.82) is 5.41 Å². The molecule has 0 bridgehead atoms. The molecule has 3 rings (SSSR count). The second-order valence-corrected chi connectivity index (χ2v) is 8.29. The molecule has 0 aliphatic heterocycles. The third-order valence-electron chi connectivity index (χ3n) is 6.55. The highest BCUT2D eigenvalue weighted by molar-refractivity contribution is 5.99. The summed E-state index contributed by atoms with van der Waals surface area (Å²) in [4.78, 5) is 15.0. The molecule has 0 aromatic heterocycles. The van der Waals surface area contributed by atoms with Crippen LogP contribution in [0.2, 0.25) is 0 Å². The second kappa shape index (κ2) is 8.09. The molecule has 28 heavy (non-hydrogen) atoms. The van der Waals surface area contributed by atoms with Crippen LogP contribution in [0, 0.1) is 16.7 Å². The van der Waals surface area contributed by atoms with Gasteiger partial charge in [0.2, 0.25) is 5.91 Å². The average molecular weight is 389 g/mol. The van der Waals surface area contributed by atoms with Crippen molar-refractivity contribution in [1.82, 2.24) is 4.90 Å². The van der Waals surface area contributed by atoms with Gasteiger partial charge in [0.25, 0.3) is 0 Å². The number of fused-ring (bicyclic) bond motifs is 1. The van der Waals surface area contributed by atoms with E-state index in [4.69, 9.17) is 26.4 Å². The molecule has 0 radical (unpaired) electrons. The molecule has 2 aliphatic carbocycles. The van der Waals surface area contributed by atoms with Crippen molar-refractivity contribution in [2.24, 2.45) is 17.1 Å². The maximum absolute atomic E-state index is 13.7. The van der Waals surface area contributed by atoms with Gasteiger partial charge in [-0.3, -0.25) is 15.1 Å². The van der Waals surface area contributed by atoms with E-state index in [0.717, 1.165) is 31.2 Å². The van der Waals surface area contributed by atoms with E-state index in [-0.39, 0.29) is 35.8 Å². The Labute approximate surface area is 166 Å². The van der Waals surface area contributed by atoms with E-state index in [0.29, 0.717) is 18.2 Å². The van der Waals surface area contributed by atoms with Gasteiger partial charge in [0, 0.05) is 19.9 Å². The number of ether oxygens (including phenoxy) is 2. The van der Waals surface area contributed by atoms with E-state index in [1.54, 1.807) is 14.2 Å². The average Bonchev–Trinajstić information content (AvgIpc) is 2.94. The van der Waals surface area contributed by atoms with E-state index in [9.17, 15) is 4.79 Å². The smallest absolute Gasteiger partial charge is 0.237 e. The number of guanidine groups is 1. The SMILES string of the molecule is COCCN(C(=N)N)C(=O)C1c2cc(N)ccc2CC12CCC(OC)C(C)C2. The number of anilines is 1. The number of nitrogen functional groups attached to an aromatic ring is 1. The molecule has 7 heteroatoms. The number of carbonyl (C=O) groups excluding carboxylic acids is 1. The van der Waals surface area contributed by atoms with Crippen molar-refractivity contribution in [3.8, 4) is 0 Å². The Kier molecular flexibility index (Phi) is 5.95. The van der Waals surface area contributed by atoms with Crippen LogP contribution in [0.4, 0.5) is 5.69 Å². The summed E-state index contributed by atoms with van der Waals surface area (Å²) in [6.07, 6.45) is 3.77. The van der Waals surface area contributed by atoms with Crippen molar-refractivity contribution in [3.63, 3.8) is 0 Å². The molecule has 1 aromatic carbocycles. The van der Waals surface area contributed by atoms with Crippen molar-refractivity contribution >= 4 is 17.6 Å². The number of nitrogens with one attached hydrogen (secondary N) is 1. The molecule has 0 saturated heterocycles. The van der Waals surface area contributed by atoms with Gasteiger partial charge in [-0.25, -0.2) is 0 Å². The Morgan fingerprint density at radius 3 is 2.75 bits per heavy atom. The first-order valence-corrected chi connectivity index (χ1v) is 9.88. The molecule has 154 valence electrons. The standard InChI is InChI=1S/C21H32N4O3/c1-13-11-21(7-6-17(13)28-3)12-14-4-5-15(22)10-16(14)18(21)19(26)25(20(23)24)8-9-27-2/h4-5,10,13,17-18H,6-9,11-12,22H2,1-3H3,(H3,23,24). The van der Waals surface area contributed by atoms with E-state index >= 15 is 0 Å². The summed E-state index contributed by atoms with van der Waals surface area (Å²) in [6, 6.07) is 5.87. The van der Waals surface area contributed by atoms with Gasteiger partial charge in [0.05, 0.1) is 25.2 Å². The highest BCUT2D eigenvalue weighted by Gasteiger charge is 2.53. The van der Waals surface area contributed by atoms with E-state index < -0.39 is 0 Å². The summed E-state index contributed by atoms with van der Waals surface area (Å²) in [5.41, 5.74) is 14.5. The molecule has 7 nitrogen and oxygen atoms in total. The molecule has 1 aromatic rings.